The van der Waals surface area contributed by atoms with Gasteiger partial charge in [0.1, 0.15) is 18.3 Å². The number of methoxy groups -OCH3 is 1. The topological polar surface area (TPSA) is 111 Å². The van der Waals surface area contributed by atoms with E-state index in [1.165, 1.54) is 6.07 Å². The minimum absolute atomic E-state index is 0.234. The SMILES string of the molecule is CC[C@@H](C)[C@H](NC(=O)Cn1nc(-c2ccc(OC)cc2)ccc1=O)C(=O)O. The van der Waals surface area contributed by atoms with Crippen LogP contribution in [0.5, 0.6) is 5.75 Å². The summed E-state index contributed by atoms with van der Waals surface area (Å²) in [5.74, 6) is -1.23. The molecule has 1 aromatic heterocycles. The van der Waals surface area contributed by atoms with E-state index in [2.05, 4.69) is 10.4 Å². The molecule has 2 rings (SSSR count). The van der Waals surface area contributed by atoms with E-state index < -0.39 is 23.5 Å². The Labute approximate surface area is 156 Å². The molecule has 0 aliphatic heterocycles. The fourth-order valence-corrected chi connectivity index (χ4v) is 2.52. The highest BCUT2D eigenvalue weighted by Gasteiger charge is 2.25. The molecule has 0 fully saturated rings. The first-order valence-corrected chi connectivity index (χ1v) is 8.60. The number of aromatic nitrogens is 2. The number of nitrogens with one attached hydrogen (secondary N) is 1. The van der Waals surface area contributed by atoms with Gasteiger partial charge in [0.15, 0.2) is 0 Å². The summed E-state index contributed by atoms with van der Waals surface area (Å²) in [5.41, 5.74) is 0.826. The average Bonchev–Trinajstić information content (AvgIpc) is 2.67. The number of carboxylic acids is 1. The van der Waals surface area contributed by atoms with E-state index in [0.29, 0.717) is 17.9 Å². The molecule has 0 aliphatic rings. The molecule has 0 saturated carbocycles. The zero-order valence-electron chi connectivity index (χ0n) is 15.5. The Bertz CT molecular complexity index is 860. The quantitative estimate of drug-likeness (QED) is 0.726. The summed E-state index contributed by atoms with van der Waals surface area (Å²) in [6.07, 6.45) is 0.600. The normalized spacial score (nSPS) is 12.9. The van der Waals surface area contributed by atoms with Gasteiger partial charge in [0.05, 0.1) is 12.8 Å². The van der Waals surface area contributed by atoms with Crippen LogP contribution in [0.15, 0.2) is 41.2 Å². The molecule has 0 aliphatic carbocycles. The van der Waals surface area contributed by atoms with Crippen molar-refractivity contribution in [2.45, 2.75) is 32.9 Å². The molecule has 27 heavy (non-hydrogen) atoms. The Kier molecular flexibility index (Phi) is 6.70. The molecule has 144 valence electrons. The highest BCUT2D eigenvalue weighted by molar-refractivity contribution is 5.83. The van der Waals surface area contributed by atoms with Crippen molar-refractivity contribution in [3.63, 3.8) is 0 Å². The zero-order valence-corrected chi connectivity index (χ0v) is 15.5. The third kappa shape index (κ3) is 5.16. The summed E-state index contributed by atoms with van der Waals surface area (Å²) < 4.78 is 6.13. The summed E-state index contributed by atoms with van der Waals surface area (Å²) in [6.45, 7) is 3.23. The van der Waals surface area contributed by atoms with Crippen LogP contribution in [0.25, 0.3) is 11.3 Å². The second-order valence-corrected chi connectivity index (χ2v) is 6.21. The molecule has 2 aromatic rings. The predicted molar refractivity (Wildman–Crippen MR) is 99.5 cm³/mol. The molecule has 0 radical (unpaired) electrons. The van der Waals surface area contributed by atoms with Gasteiger partial charge in [-0.3, -0.25) is 9.59 Å². The van der Waals surface area contributed by atoms with Crippen LogP contribution in [0.2, 0.25) is 0 Å². The van der Waals surface area contributed by atoms with Crippen LogP contribution < -0.4 is 15.6 Å². The molecule has 0 spiro atoms. The van der Waals surface area contributed by atoms with Crippen molar-refractivity contribution in [1.82, 2.24) is 15.1 Å². The first kappa shape index (κ1) is 20.2. The highest BCUT2D eigenvalue weighted by atomic mass is 16.5. The van der Waals surface area contributed by atoms with Gasteiger partial charge in [-0.15, -0.1) is 0 Å². The van der Waals surface area contributed by atoms with Crippen molar-refractivity contribution in [3.05, 3.63) is 46.8 Å². The van der Waals surface area contributed by atoms with E-state index in [9.17, 15) is 19.5 Å². The standard InChI is InChI=1S/C19H23N3O5/c1-4-12(2)18(19(25)26)20-16(23)11-22-17(24)10-9-15(21-22)13-5-7-14(27-3)8-6-13/h5-10,12,18H,4,11H2,1-3H3,(H,20,23)(H,25,26)/t12-,18+/m1/s1. The molecule has 0 saturated heterocycles. The number of carbonyl (C=O) groups is 2. The third-order valence-corrected chi connectivity index (χ3v) is 4.34. The first-order chi connectivity index (χ1) is 12.8. The van der Waals surface area contributed by atoms with Gasteiger partial charge in [-0.25, -0.2) is 9.48 Å². The third-order valence-electron chi connectivity index (χ3n) is 4.34. The van der Waals surface area contributed by atoms with Crippen LogP contribution in [0.4, 0.5) is 0 Å². The highest BCUT2D eigenvalue weighted by Crippen LogP contribution is 2.19. The summed E-state index contributed by atoms with van der Waals surface area (Å²) >= 11 is 0. The van der Waals surface area contributed by atoms with E-state index in [-0.39, 0.29) is 12.5 Å². The second kappa shape index (κ2) is 8.98. The van der Waals surface area contributed by atoms with Crippen molar-refractivity contribution in [2.75, 3.05) is 7.11 Å². The van der Waals surface area contributed by atoms with Gasteiger partial charge in [-0.1, -0.05) is 20.3 Å². The molecular formula is C19H23N3O5. The van der Waals surface area contributed by atoms with Crippen LogP contribution in [0.3, 0.4) is 0 Å². The number of nitrogens with zero attached hydrogens (tertiary/aromatic N) is 2. The number of carbonyl (C=O) groups excluding carboxylic acids is 1. The molecule has 0 unspecified atom stereocenters. The molecule has 0 bridgehead atoms. The van der Waals surface area contributed by atoms with Crippen molar-refractivity contribution in [3.8, 4) is 17.0 Å². The van der Waals surface area contributed by atoms with Crippen LogP contribution in [-0.4, -0.2) is 39.9 Å². The minimum atomic E-state index is -1.11. The number of ether oxygens (including phenoxy) is 1. The van der Waals surface area contributed by atoms with Gasteiger partial charge in [-0.2, -0.15) is 5.10 Å². The molecule has 2 atom stereocenters. The molecule has 2 N–H and O–H groups in total. The van der Waals surface area contributed by atoms with Crippen LogP contribution in [0, 0.1) is 5.92 Å². The van der Waals surface area contributed by atoms with Gasteiger partial charge in [0, 0.05) is 11.6 Å². The van der Waals surface area contributed by atoms with Crippen LogP contribution in [0.1, 0.15) is 20.3 Å². The lowest BCUT2D eigenvalue weighted by Gasteiger charge is -2.20. The van der Waals surface area contributed by atoms with E-state index >= 15 is 0 Å². The van der Waals surface area contributed by atoms with E-state index in [1.54, 1.807) is 44.4 Å². The zero-order chi connectivity index (χ0) is 20.0. The number of hydrogen-bond donors (Lipinski definition) is 2. The molecule has 1 heterocycles. The number of hydrogen-bond acceptors (Lipinski definition) is 5. The van der Waals surface area contributed by atoms with Gasteiger partial charge in [0.25, 0.3) is 5.56 Å². The molecule has 1 aromatic carbocycles. The van der Waals surface area contributed by atoms with Crippen molar-refractivity contribution in [2.24, 2.45) is 5.92 Å². The number of benzene rings is 1. The van der Waals surface area contributed by atoms with E-state index in [0.717, 1.165) is 10.2 Å². The largest absolute Gasteiger partial charge is 0.497 e. The predicted octanol–water partition coefficient (Wildman–Crippen LogP) is 1.53. The maximum atomic E-state index is 12.2. The molecular weight excluding hydrogens is 350 g/mol. The number of amides is 1. The average molecular weight is 373 g/mol. The summed E-state index contributed by atoms with van der Waals surface area (Å²) in [5, 5.41) is 15.9. The van der Waals surface area contributed by atoms with E-state index in [1.807, 2.05) is 6.92 Å². The van der Waals surface area contributed by atoms with Gasteiger partial charge < -0.3 is 15.2 Å². The lowest BCUT2D eigenvalue weighted by Crippen LogP contribution is -2.47. The molecule has 8 heteroatoms. The molecule has 8 nitrogen and oxygen atoms in total. The van der Waals surface area contributed by atoms with E-state index in [4.69, 9.17) is 4.74 Å². The fraction of sp³-hybridized carbons (Fsp3) is 0.368. The smallest absolute Gasteiger partial charge is 0.326 e. The Morgan fingerprint density at radius 2 is 1.89 bits per heavy atom. The summed E-state index contributed by atoms with van der Waals surface area (Å²) in [7, 11) is 1.57. The Balaban J connectivity index is 2.19. The van der Waals surface area contributed by atoms with Crippen molar-refractivity contribution in [1.29, 1.82) is 0 Å². The lowest BCUT2D eigenvalue weighted by molar-refractivity contribution is -0.143. The number of rotatable bonds is 8. The van der Waals surface area contributed by atoms with Gasteiger partial charge in [-0.05, 0) is 36.2 Å². The summed E-state index contributed by atoms with van der Waals surface area (Å²) in [6, 6.07) is 8.99. The summed E-state index contributed by atoms with van der Waals surface area (Å²) in [4.78, 5) is 35.6. The minimum Gasteiger partial charge on any atom is -0.497 e. The Hall–Kier alpha value is -3.16. The van der Waals surface area contributed by atoms with Crippen molar-refractivity contribution >= 4 is 11.9 Å². The van der Waals surface area contributed by atoms with Crippen LogP contribution in [-0.2, 0) is 16.1 Å². The number of carboxylic acid groups (broad SMARTS) is 1. The monoisotopic (exact) mass is 373 g/mol. The maximum absolute atomic E-state index is 12.2. The van der Waals surface area contributed by atoms with Gasteiger partial charge in [0.2, 0.25) is 5.91 Å². The van der Waals surface area contributed by atoms with Crippen molar-refractivity contribution < 1.29 is 19.4 Å². The lowest BCUT2D eigenvalue weighted by atomic mass is 9.99. The van der Waals surface area contributed by atoms with Crippen LogP contribution >= 0.6 is 0 Å². The first-order valence-electron chi connectivity index (χ1n) is 8.60. The molecule has 1 amide bonds. The maximum Gasteiger partial charge on any atom is 0.326 e. The number of aliphatic carboxylic acids is 1. The Morgan fingerprint density at radius 1 is 1.22 bits per heavy atom. The second-order valence-electron chi connectivity index (χ2n) is 6.21. The fourth-order valence-electron chi connectivity index (χ4n) is 2.52. The Morgan fingerprint density at radius 3 is 2.44 bits per heavy atom. The van der Waals surface area contributed by atoms with Gasteiger partial charge >= 0.3 is 5.97 Å².